The molecule has 1 fully saturated rings. The van der Waals surface area contributed by atoms with Gasteiger partial charge in [0, 0.05) is 12.6 Å². The smallest absolute Gasteiger partial charge is 0.234 e. The molecule has 18 heavy (non-hydrogen) atoms. The summed E-state index contributed by atoms with van der Waals surface area (Å²) in [6.07, 6.45) is 8.11. The Morgan fingerprint density at radius 1 is 1.44 bits per heavy atom. The fraction of sp³-hybridized carbons (Fsp3) is 0.692. The van der Waals surface area contributed by atoms with Crippen molar-refractivity contribution >= 4 is 5.82 Å². The van der Waals surface area contributed by atoms with E-state index in [1.807, 2.05) is 6.92 Å². The van der Waals surface area contributed by atoms with E-state index in [-0.39, 0.29) is 0 Å². The van der Waals surface area contributed by atoms with E-state index in [0.717, 1.165) is 25.2 Å². The van der Waals surface area contributed by atoms with Crippen LogP contribution in [0.5, 0.6) is 5.88 Å². The molecule has 1 saturated carbocycles. The Balaban J connectivity index is 1.83. The first kappa shape index (κ1) is 13.1. The van der Waals surface area contributed by atoms with Crippen LogP contribution in [0.4, 0.5) is 5.82 Å². The number of rotatable bonds is 5. The first-order valence-corrected chi connectivity index (χ1v) is 6.72. The zero-order valence-corrected chi connectivity index (χ0v) is 10.9. The van der Waals surface area contributed by atoms with Gasteiger partial charge in [0.1, 0.15) is 5.82 Å². The lowest BCUT2D eigenvalue weighted by Gasteiger charge is -2.26. The predicted molar refractivity (Wildman–Crippen MR) is 71.6 cm³/mol. The molecule has 2 rings (SSSR count). The lowest BCUT2D eigenvalue weighted by atomic mass is 9.86. The maximum Gasteiger partial charge on any atom is 0.234 e. The first-order chi connectivity index (χ1) is 8.78. The molecule has 0 amide bonds. The molecule has 1 aromatic heterocycles. The highest BCUT2D eigenvalue weighted by Gasteiger charge is 2.18. The standard InChI is InChI=1S/C13H22N4O/c1-2-18-13-9-15-8-12(17-13)16-7-10-4-3-5-11(14)6-10/h8-11H,2-7,14H2,1H3,(H,16,17). The van der Waals surface area contributed by atoms with Gasteiger partial charge in [-0.1, -0.05) is 6.42 Å². The molecule has 0 saturated heterocycles. The van der Waals surface area contributed by atoms with Crippen LogP contribution in [0, 0.1) is 5.92 Å². The van der Waals surface area contributed by atoms with Gasteiger partial charge in [-0.25, -0.2) is 0 Å². The van der Waals surface area contributed by atoms with Crippen molar-refractivity contribution in [3.63, 3.8) is 0 Å². The van der Waals surface area contributed by atoms with Gasteiger partial charge < -0.3 is 15.8 Å². The molecule has 5 nitrogen and oxygen atoms in total. The minimum Gasteiger partial charge on any atom is -0.477 e. The highest BCUT2D eigenvalue weighted by molar-refractivity contribution is 5.33. The summed E-state index contributed by atoms with van der Waals surface area (Å²) in [5.41, 5.74) is 5.98. The summed E-state index contributed by atoms with van der Waals surface area (Å²) in [4.78, 5) is 8.45. The summed E-state index contributed by atoms with van der Waals surface area (Å²) in [7, 11) is 0. The van der Waals surface area contributed by atoms with E-state index >= 15 is 0 Å². The van der Waals surface area contributed by atoms with Crippen molar-refractivity contribution in [3.05, 3.63) is 12.4 Å². The lowest BCUT2D eigenvalue weighted by Crippen LogP contribution is -2.31. The SMILES string of the molecule is CCOc1cncc(NCC2CCCC(N)C2)n1. The third-order valence-corrected chi connectivity index (χ3v) is 3.30. The number of hydrogen-bond donors (Lipinski definition) is 2. The average molecular weight is 250 g/mol. The number of ether oxygens (including phenoxy) is 1. The van der Waals surface area contributed by atoms with Gasteiger partial charge in [0.05, 0.1) is 19.0 Å². The topological polar surface area (TPSA) is 73.1 Å². The monoisotopic (exact) mass is 250 g/mol. The quantitative estimate of drug-likeness (QED) is 0.833. The summed E-state index contributed by atoms with van der Waals surface area (Å²) < 4.78 is 5.32. The highest BCUT2D eigenvalue weighted by Crippen LogP contribution is 2.23. The predicted octanol–water partition coefficient (Wildman–Crippen LogP) is 1.80. The normalized spacial score (nSPS) is 23.7. The molecule has 2 atom stereocenters. The van der Waals surface area contributed by atoms with Crippen molar-refractivity contribution < 1.29 is 4.74 Å². The van der Waals surface area contributed by atoms with Crippen LogP contribution in [-0.4, -0.2) is 29.2 Å². The van der Waals surface area contributed by atoms with Crippen LogP contribution < -0.4 is 15.8 Å². The van der Waals surface area contributed by atoms with E-state index < -0.39 is 0 Å². The van der Waals surface area contributed by atoms with Gasteiger partial charge in [0.25, 0.3) is 0 Å². The molecular formula is C13H22N4O. The largest absolute Gasteiger partial charge is 0.477 e. The zero-order chi connectivity index (χ0) is 12.8. The van der Waals surface area contributed by atoms with Crippen LogP contribution in [0.25, 0.3) is 0 Å². The van der Waals surface area contributed by atoms with E-state index in [1.165, 1.54) is 12.8 Å². The van der Waals surface area contributed by atoms with Crippen molar-refractivity contribution in [2.75, 3.05) is 18.5 Å². The Labute approximate surface area is 108 Å². The van der Waals surface area contributed by atoms with Crippen LogP contribution in [0.1, 0.15) is 32.6 Å². The second kappa shape index (κ2) is 6.54. The molecule has 0 spiro atoms. The first-order valence-electron chi connectivity index (χ1n) is 6.72. The molecule has 0 bridgehead atoms. The second-order valence-electron chi connectivity index (χ2n) is 4.85. The fourth-order valence-electron chi connectivity index (χ4n) is 2.42. The number of nitrogens with two attached hydrogens (primary N) is 1. The number of nitrogens with zero attached hydrogens (tertiary/aromatic N) is 2. The van der Waals surface area contributed by atoms with Crippen molar-refractivity contribution in [2.45, 2.75) is 38.6 Å². The summed E-state index contributed by atoms with van der Waals surface area (Å²) >= 11 is 0. The van der Waals surface area contributed by atoms with E-state index in [4.69, 9.17) is 10.5 Å². The molecule has 0 aliphatic heterocycles. The fourth-order valence-corrected chi connectivity index (χ4v) is 2.42. The molecule has 0 radical (unpaired) electrons. The molecule has 1 heterocycles. The summed E-state index contributed by atoms with van der Waals surface area (Å²) in [6.45, 7) is 3.46. The van der Waals surface area contributed by atoms with Crippen molar-refractivity contribution in [2.24, 2.45) is 11.7 Å². The van der Waals surface area contributed by atoms with E-state index in [1.54, 1.807) is 12.4 Å². The van der Waals surface area contributed by atoms with Crippen LogP contribution in [0.3, 0.4) is 0 Å². The maximum atomic E-state index is 5.98. The van der Waals surface area contributed by atoms with Gasteiger partial charge in [-0.05, 0) is 32.1 Å². The third kappa shape index (κ3) is 3.84. The van der Waals surface area contributed by atoms with Crippen molar-refractivity contribution in [1.29, 1.82) is 0 Å². The van der Waals surface area contributed by atoms with Gasteiger partial charge in [-0.3, -0.25) is 4.98 Å². The van der Waals surface area contributed by atoms with Gasteiger partial charge in [0.15, 0.2) is 0 Å². The van der Waals surface area contributed by atoms with Crippen molar-refractivity contribution in [1.82, 2.24) is 9.97 Å². The average Bonchev–Trinajstić information content (AvgIpc) is 2.37. The molecule has 3 N–H and O–H groups in total. The minimum absolute atomic E-state index is 0.367. The summed E-state index contributed by atoms with van der Waals surface area (Å²) in [5.74, 6) is 1.99. The molecule has 2 unspecified atom stereocenters. The van der Waals surface area contributed by atoms with E-state index in [2.05, 4.69) is 15.3 Å². The molecule has 1 aromatic rings. The Morgan fingerprint density at radius 3 is 3.11 bits per heavy atom. The summed E-state index contributed by atoms with van der Waals surface area (Å²) in [6, 6.07) is 0.367. The second-order valence-corrected chi connectivity index (χ2v) is 4.85. The van der Waals surface area contributed by atoms with Gasteiger partial charge in [-0.2, -0.15) is 4.98 Å². The van der Waals surface area contributed by atoms with E-state index in [0.29, 0.717) is 24.4 Å². The number of aromatic nitrogens is 2. The Morgan fingerprint density at radius 2 is 2.33 bits per heavy atom. The Hall–Kier alpha value is -1.36. The van der Waals surface area contributed by atoms with Crippen molar-refractivity contribution in [3.8, 4) is 5.88 Å². The van der Waals surface area contributed by atoms with Gasteiger partial charge in [-0.15, -0.1) is 0 Å². The van der Waals surface area contributed by atoms with Crippen LogP contribution >= 0.6 is 0 Å². The molecular weight excluding hydrogens is 228 g/mol. The minimum atomic E-state index is 0.367. The lowest BCUT2D eigenvalue weighted by molar-refractivity contribution is 0.324. The van der Waals surface area contributed by atoms with Gasteiger partial charge in [0.2, 0.25) is 5.88 Å². The van der Waals surface area contributed by atoms with E-state index in [9.17, 15) is 0 Å². The number of hydrogen-bond acceptors (Lipinski definition) is 5. The molecule has 1 aliphatic rings. The maximum absolute atomic E-state index is 5.98. The van der Waals surface area contributed by atoms with Crippen LogP contribution in [-0.2, 0) is 0 Å². The Kier molecular flexibility index (Phi) is 4.75. The molecule has 5 heteroatoms. The molecule has 100 valence electrons. The van der Waals surface area contributed by atoms with Crippen LogP contribution in [0.15, 0.2) is 12.4 Å². The van der Waals surface area contributed by atoms with Crippen LogP contribution in [0.2, 0.25) is 0 Å². The summed E-state index contributed by atoms with van der Waals surface area (Å²) in [5, 5.41) is 3.32. The zero-order valence-electron chi connectivity index (χ0n) is 10.9. The third-order valence-electron chi connectivity index (χ3n) is 3.30. The number of anilines is 1. The van der Waals surface area contributed by atoms with Gasteiger partial charge >= 0.3 is 0 Å². The molecule has 0 aromatic carbocycles. The number of nitrogens with one attached hydrogen (secondary N) is 1. The molecule has 1 aliphatic carbocycles. The highest BCUT2D eigenvalue weighted by atomic mass is 16.5. The Bertz CT molecular complexity index is 372.